The van der Waals surface area contributed by atoms with Crippen LogP contribution in [0.3, 0.4) is 0 Å². The number of anilines is 1. The lowest BCUT2D eigenvalue weighted by molar-refractivity contribution is 0.0123. The maximum Gasteiger partial charge on any atom is 0.412 e. The number of nitrogens with zero attached hydrogens (tertiary/aromatic N) is 2. The van der Waals surface area contributed by atoms with E-state index in [0.29, 0.717) is 0 Å². The monoisotopic (exact) mass is 411 g/mol. The van der Waals surface area contributed by atoms with Gasteiger partial charge in [0.1, 0.15) is 23.7 Å². The molecule has 150 valence electrons. The molecule has 1 aromatic heterocycles. The van der Waals surface area contributed by atoms with Gasteiger partial charge in [0, 0.05) is 17.9 Å². The number of sulfone groups is 1. The van der Waals surface area contributed by atoms with Crippen molar-refractivity contribution >= 4 is 37.6 Å². The van der Waals surface area contributed by atoms with Gasteiger partial charge in [0.05, 0.1) is 5.69 Å². The van der Waals surface area contributed by atoms with Crippen LogP contribution in [-0.2, 0) is 25.2 Å². The zero-order chi connectivity index (χ0) is 20.5. The summed E-state index contributed by atoms with van der Waals surface area (Å²) in [6, 6.07) is 2.24. The number of rotatable bonds is 5. The summed E-state index contributed by atoms with van der Waals surface area (Å²) in [6.07, 6.45) is 0.601. The van der Waals surface area contributed by atoms with Crippen molar-refractivity contribution < 1.29 is 31.7 Å². The second kappa shape index (κ2) is 7.23. The molecule has 0 unspecified atom stereocenters. The SMILES string of the molecule is C=CCOC(=O)Nc1cc2c(CS(=O)(=O)C3=NOC(C)(C)C3)noc2cc1F. The van der Waals surface area contributed by atoms with Gasteiger partial charge in [0.25, 0.3) is 0 Å². The standard InChI is InChI=1S/C17H18FN3O6S/c1-4-5-25-16(22)19-12-6-10-13(20-26-14(10)7-11(12)18)9-28(23,24)15-8-17(2,3)27-21-15/h4,6-7H,1,5,8-9H2,2-3H3,(H,19,22). The van der Waals surface area contributed by atoms with Gasteiger partial charge in [-0.25, -0.2) is 17.6 Å². The van der Waals surface area contributed by atoms with Crippen molar-refractivity contribution in [3.8, 4) is 0 Å². The third-order valence-corrected chi connectivity index (χ3v) is 5.45. The van der Waals surface area contributed by atoms with Gasteiger partial charge in [0.15, 0.2) is 16.4 Å². The lowest BCUT2D eigenvalue weighted by Gasteiger charge is -2.13. The van der Waals surface area contributed by atoms with E-state index in [1.54, 1.807) is 13.8 Å². The second-order valence-electron chi connectivity index (χ2n) is 6.74. The van der Waals surface area contributed by atoms with E-state index in [1.165, 1.54) is 12.1 Å². The van der Waals surface area contributed by atoms with E-state index in [4.69, 9.17) is 14.1 Å². The molecule has 28 heavy (non-hydrogen) atoms. The number of benzene rings is 1. The molecular formula is C17H18FN3O6S. The zero-order valence-electron chi connectivity index (χ0n) is 15.2. The quantitative estimate of drug-likeness (QED) is 0.751. The predicted octanol–water partition coefficient (Wildman–Crippen LogP) is 3.13. The lowest BCUT2D eigenvalue weighted by Crippen LogP contribution is -2.23. The van der Waals surface area contributed by atoms with Crippen LogP contribution in [0.15, 0.2) is 34.5 Å². The molecule has 0 radical (unpaired) electrons. The summed E-state index contributed by atoms with van der Waals surface area (Å²) in [5.41, 5.74) is -0.811. The largest absolute Gasteiger partial charge is 0.445 e. The molecule has 1 aliphatic rings. The Morgan fingerprint density at radius 1 is 1.46 bits per heavy atom. The van der Waals surface area contributed by atoms with E-state index in [2.05, 4.69) is 22.2 Å². The maximum atomic E-state index is 14.1. The Morgan fingerprint density at radius 2 is 2.21 bits per heavy atom. The summed E-state index contributed by atoms with van der Waals surface area (Å²) in [4.78, 5) is 16.7. The first kappa shape index (κ1) is 19.8. The number of ether oxygens (including phenoxy) is 1. The Hall–Kier alpha value is -2.95. The minimum Gasteiger partial charge on any atom is -0.445 e. The molecule has 0 saturated carbocycles. The Labute approximate surface area is 160 Å². The molecule has 0 aliphatic carbocycles. The van der Waals surface area contributed by atoms with Gasteiger partial charge in [-0.3, -0.25) is 5.32 Å². The summed E-state index contributed by atoms with van der Waals surface area (Å²) < 4.78 is 49.1. The topological polar surface area (TPSA) is 120 Å². The van der Waals surface area contributed by atoms with E-state index in [1.807, 2.05) is 0 Å². The Morgan fingerprint density at radius 3 is 2.86 bits per heavy atom. The summed E-state index contributed by atoms with van der Waals surface area (Å²) in [5.74, 6) is -1.30. The summed E-state index contributed by atoms with van der Waals surface area (Å²) in [7, 11) is -3.82. The van der Waals surface area contributed by atoms with Gasteiger partial charge < -0.3 is 14.1 Å². The van der Waals surface area contributed by atoms with E-state index < -0.39 is 33.1 Å². The van der Waals surface area contributed by atoms with Gasteiger partial charge in [-0.1, -0.05) is 23.0 Å². The summed E-state index contributed by atoms with van der Waals surface area (Å²) in [6.45, 7) is 6.79. The highest BCUT2D eigenvalue weighted by molar-refractivity contribution is 8.05. The number of nitrogens with one attached hydrogen (secondary N) is 1. The van der Waals surface area contributed by atoms with E-state index >= 15 is 0 Å². The first-order valence-corrected chi connectivity index (χ1v) is 9.87. The van der Waals surface area contributed by atoms with Crippen molar-refractivity contribution in [2.45, 2.75) is 31.6 Å². The molecule has 1 aliphatic heterocycles. The van der Waals surface area contributed by atoms with Crippen molar-refractivity contribution in [1.29, 1.82) is 0 Å². The first-order chi connectivity index (χ1) is 13.1. The fourth-order valence-electron chi connectivity index (χ4n) is 2.52. The van der Waals surface area contributed by atoms with Crippen LogP contribution in [-0.4, -0.2) is 36.9 Å². The molecule has 3 rings (SSSR count). The molecule has 0 atom stereocenters. The van der Waals surface area contributed by atoms with Gasteiger partial charge in [-0.15, -0.1) is 0 Å². The van der Waals surface area contributed by atoms with Crippen LogP contribution in [0.4, 0.5) is 14.9 Å². The van der Waals surface area contributed by atoms with Crippen molar-refractivity contribution in [2.75, 3.05) is 11.9 Å². The number of carbonyl (C=O) groups excluding carboxylic acids is 1. The van der Waals surface area contributed by atoms with Crippen LogP contribution >= 0.6 is 0 Å². The normalized spacial score (nSPS) is 15.8. The van der Waals surface area contributed by atoms with Crippen LogP contribution in [0.5, 0.6) is 0 Å². The van der Waals surface area contributed by atoms with E-state index in [0.717, 1.165) is 6.07 Å². The number of hydrogen-bond acceptors (Lipinski definition) is 8. The third kappa shape index (κ3) is 4.14. The predicted molar refractivity (Wildman–Crippen MR) is 99.0 cm³/mol. The molecule has 1 aromatic carbocycles. The number of carbonyl (C=O) groups is 1. The van der Waals surface area contributed by atoms with Crippen LogP contribution < -0.4 is 5.32 Å². The average Bonchev–Trinajstić information content (AvgIpc) is 3.16. The third-order valence-electron chi connectivity index (χ3n) is 3.86. The van der Waals surface area contributed by atoms with Crippen molar-refractivity contribution in [3.63, 3.8) is 0 Å². The Kier molecular flexibility index (Phi) is 5.11. The number of hydrogen-bond donors (Lipinski definition) is 1. The van der Waals surface area contributed by atoms with Gasteiger partial charge in [0.2, 0.25) is 9.84 Å². The second-order valence-corrected chi connectivity index (χ2v) is 8.73. The van der Waals surface area contributed by atoms with Crippen LogP contribution in [0, 0.1) is 5.82 Å². The minimum absolute atomic E-state index is 0.0395. The highest BCUT2D eigenvalue weighted by Crippen LogP contribution is 2.30. The number of aromatic nitrogens is 1. The average molecular weight is 411 g/mol. The van der Waals surface area contributed by atoms with Crippen LogP contribution in [0.2, 0.25) is 0 Å². The molecule has 2 heterocycles. The van der Waals surface area contributed by atoms with Crippen LogP contribution in [0.25, 0.3) is 11.0 Å². The van der Waals surface area contributed by atoms with Crippen molar-refractivity contribution in [2.24, 2.45) is 5.16 Å². The van der Waals surface area contributed by atoms with Crippen LogP contribution in [0.1, 0.15) is 26.0 Å². The minimum atomic E-state index is -3.82. The van der Waals surface area contributed by atoms with E-state index in [9.17, 15) is 17.6 Å². The van der Waals surface area contributed by atoms with Gasteiger partial charge in [-0.2, -0.15) is 0 Å². The molecule has 0 saturated heterocycles. The molecule has 0 spiro atoms. The maximum absolute atomic E-state index is 14.1. The van der Waals surface area contributed by atoms with Crippen molar-refractivity contribution in [1.82, 2.24) is 5.16 Å². The zero-order valence-corrected chi connectivity index (χ0v) is 16.0. The smallest absolute Gasteiger partial charge is 0.412 e. The highest BCUT2D eigenvalue weighted by Gasteiger charge is 2.36. The van der Waals surface area contributed by atoms with E-state index in [-0.39, 0.29) is 40.4 Å². The van der Waals surface area contributed by atoms with Crippen molar-refractivity contribution in [3.05, 3.63) is 36.3 Å². The number of halogens is 1. The fraction of sp³-hybridized carbons (Fsp3) is 0.353. The lowest BCUT2D eigenvalue weighted by atomic mass is 10.1. The summed E-state index contributed by atoms with van der Waals surface area (Å²) in [5, 5.41) is 9.75. The molecule has 0 bridgehead atoms. The molecule has 1 N–H and O–H groups in total. The molecule has 0 fully saturated rings. The summed E-state index contributed by atoms with van der Waals surface area (Å²) >= 11 is 0. The number of amides is 1. The van der Waals surface area contributed by atoms with Gasteiger partial charge in [-0.05, 0) is 19.9 Å². The first-order valence-electron chi connectivity index (χ1n) is 8.21. The number of oxime groups is 1. The Balaban J connectivity index is 1.87. The Bertz CT molecular complexity index is 1070. The molecule has 1 amide bonds. The molecular weight excluding hydrogens is 393 g/mol. The highest BCUT2D eigenvalue weighted by atomic mass is 32.2. The fourth-order valence-corrected chi connectivity index (χ4v) is 3.98. The molecule has 11 heteroatoms. The number of fused-ring (bicyclic) bond motifs is 1. The molecule has 2 aromatic rings. The molecule has 9 nitrogen and oxygen atoms in total. The van der Waals surface area contributed by atoms with Gasteiger partial charge >= 0.3 is 6.09 Å².